The van der Waals surface area contributed by atoms with E-state index in [9.17, 15) is 0 Å². The predicted octanol–water partition coefficient (Wildman–Crippen LogP) is 6.94. The Bertz CT molecular complexity index is 788. The zero-order valence-electron chi connectivity index (χ0n) is 20.0. The van der Waals surface area contributed by atoms with Crippen LogP contribution in [0.25, 0.3) is 0 Å². The smallest absolute Gasteiger partial charge is 0.0381 e. The van der Waals surface area contributed by atoms with Gasteiger partial charge in [-0.2, -0.15) is 0 Å². The molecule has 2 nitrogen and oxygen atoms in total. The maximum absolute atomic E-state index is 6.58. The minimum absolute atomic E-state index is 0.459. The van der Waals surface area contributed by atoms with Gasteiger partial charge in [-0.3, -0.25) is 0 Å². The van der Waals surface area contributed by atoms with Crippen LogP contribution in [0, 0.1) is 0 Å². The van der Waals surface area contributed by atoms with Crippen molar-refractivity contribution >= 4 is 11.4 Å². The van der Waals surface area contributed by atoms with Gasteiger partial charge < -0.3 is 11.5 Å². The molecule has 2 aromatic carbocycles. The minimum Gasteiger partial charge on any atom is -0.398 e. The summed E-state index contributed by atoms with van der Waals surface area (Å²) in [5.41, 5.74) is 26.2. The van der Waals surface area contributed by atoms with Gasteiger partial charge in [-0.05, 0) is 88.4 Å². The largest absolute Gasteiger partial charge is 0.398 e. The number of nitrogen functional groups attached to an aromatic ring is 2. The van der Waals surface area contributed by atoms with Gasteiger partial charge in [0.25, 0.3) is 0 Å². The number of anilines is 2. The minimum atomic E-state index is 0.459. The highest BCUT2D eigenvalue weighted by molar-refractivity contribution is 5.64. The molecule has 4 N–H and O–H groups in total. The van der Waals surface area contributed by atoms with E-state index in [4.69, 9.17) is 11.5 Å². The van der Waals surface area contributed by atoms with Crippen LogP contribution < -0.4 is 11.5 Å². The Morgan fingerprint density at radius 2 is 0.931 bits per heavy atom. The Labute approximate surface area is 179 Å². The van der Waals surface area contributed by atoms with Gasteiger partial charge in [0, 0.05) is 11.4 Å². The van der Waals surface area contributed by atoms with Crippen LogP contribution in [0.15, 0.2) is 12.1 Å². The second-order valence-corrected chi connectivity index (χ2v) is 8.90. The first-order chi connectivity index (χ1) is 13.7. The molecule has 0 amide bonds. The second kappa shape index (κ2) is 9.69. The number of aryl methyl sites for hydroxylation is 2. The lowest BCUT2D eigenvalue weighted by molar-refractivity contribution is 0.806. The molecule has 29 heavy (non-hydrogen) atoms. The number of nitrogens with two attached hydrogens (primary N) is 2. The molecule has 0 heterocycles. The molecule has 0 atom stereocenters. The summed E-state index contributed by atoms with van der Waals surface area (Å²) in [5, 5.41) is 0. The Kier molecular flexibility index (Phi) is 7.80. The lowest BCUT2D eigenvalue weighted by Crippen LogP contribution is -2.12. The van der Waals surface area contributed by atoms with Crippen LogP contribution >= 0.6 is 0 Å². The third kappa shape index (κ3) is 4.47. The lowest BCUT2D eigenvalue weighted by Gasteiger charge is -2.25. The predicted molar refractivity (Wildman–Crippen MR) is 130 cm³/mol. The van der Waals surface area contributed by atoms with E-state index in [1.54, 1.807) is 0 Å². The molecule has 0 aromatic heterocycles. The number of benzene rings is 2. The van der Waals surface area contributed by atoms with Crippen LogP contribution in [0.2, 0.25) is 0 Å². The second-order valence-electron chi connectivity index (χ2n) is 8.90. The van der Waals surface area contributed by atoms with Crippen LogP contribution in [-0.2, 0) is 32.1 Å². The van der Waals surface area contributed by atoms with Crippen molar-refractivity contribution in [2.45, 2.75) is 99.3 Å². The fourth-order valence-corrected chi connectivity index (χ4v) is 5.08. The SMILES string of the molecule is CCc1cc(Cc2cc(CC)c(N)c(CC)c2C(C)C)c(C(C)C)c(CC)c1N. The van der Waals surface area contributed by atoms with Gasteiger partial charge in [0.15, 0.2) is 0 Å². The highest BCUT2D eigenvalue weighted by Crippen LogP contribution is 2.37. The summed E-state index contributed by atoms with van der Waals surface area (Å²) in [4.78, 5) is 0. The maximum atomic E-state index is 6.58. The summed E-state index contributed by atoms with van der Waals surface area (Å²) in [6.45, 7) is 18.1. The first kappa shape index (κ1) is 23.3. The standard InChI is InChI=1S/C27H42N2/c1-9-18-13-20(24(16(5)6)22(11-3)26(18)28)15-21-14-19(10-2)27(29)23(12-4)25(21)17(7)8/h13-14,16-17H,9-12,15,28-29H2,1-8H3. The summed E-state index contributed by atoms with van der Waals surface area (Å²) in [6.07, 6.45) is 4.88. The average Bonchev–Trinajstić information content (AvgIpc) is 2.68. The Morgan fingerprint density at radius 1 is 0.586 bits per heavy atom. The van der Waals surface area contributed by atoms with E-state index in [1.165, 1.54) is 44.5 Å². The van der Waals surface area contributed by atoms with Crippen molar-refractivity contribution in [3.05, 3.63) is 56.6 Å². The Balaban J connectivity index is 2.79. The van der Waals surface area contributed by atoms with Gasteiger partial charge in [-0.1, -0.05) is 67.5 Å². The highest BCUT2D eigenvalue weighted by atomic mass is 14.6. The number of hydrogen-bond acceptors (Lipinski definition) is 2. The van der Waals surface area contributed by atoms with Crippen molar-refractivity contribution in [2.75, 3.05) is 11.5 Å². The molecule has 0 spiro atoms. The van der Waals surface area contributed by atoms with Gasteiger partial charge in [0.05, 0.1) is 0 Å². The molecule has 2 rings (SSSR count). The number of hydrogen-bond donors (Lipinski definition) is 2. The molecule has 0 aliphatic rings. The normalized spacial score (nSPS) is 11.7. The molecule has 0 unspecified atom stereocenters. The summed E-state index contributed by atoms with van der Waals surface area (Å²) < 4.78 is 0. The quantitative estimate of drug-likeness (QED) is 0.476. The topological polar surface area (TPSA) is 52.0 Å². The molecular formula is C27H42N2. The average molecular weight is 395 g/mol. The van der Waals surface area contributed by atoms with Gasteiger partial charge in [-0.15, -0.1) is 0 Å². The molecule has 2 aromatic rings. The van der Waals surface area contributed by atoms with E-state index in [2.05, 4.69) is 67.5 Å². The van der Waals surface area contributed by atoms with Crippen molar-refractivity contribution < 1.29 is 0 Å². The molecule has 0 aliphatic heterocycles. The van der Waals surface area contributed by atoms with Crippen LogP contribution in [0.5, 0.6) is 0 Å². The van der Waals surface area contributed by atoms with E-state index >= 15 is 0 Å². The molecule has 2 heteroatoms. The van der Waals surface area contributed by atoms with Crippen LogP contribution in [0.3, 0.4) is 0 Å². The van der Waals surface area contributed by atoms with Crippen LogP contribution in [-0.4, -0.2) is 0 Å². The van der Waals surface area contributed by atoms with Crippen molar-refractivity contribution in [1.82, 2.24) is 0 Å². The lowest BCUT2D eigenvalue weighted by atomic mass is 9.81. The monoisotopic (exact) mass is 394 g/mol. The third-order valence-electron chi connectivity index (χ3n) is 6.39. The van der Waals surface area contributed by atoms with E-state index in [0.29, 0.717) is 11.8 Å². The van der Waals surface area contributed by atoms with Crippen molar-refractivity contribution in [3.8, 4) is 0 Å². The Hall–Kier alpha value is -1.96. The van der Waals surface area contributed by atoms with Gasteiger partial charge in [0.2, 0.25) is 0 Å². The molecule has 0 radical (unpaired) electrons. The summed E-state index contributed by atoms with van der Waals surface area (Å²) in [7, 11) is 0. The van der Waals surface area contributed by atoms with E-state index in [1.807, 2.05) is 0 Å². The fraction of sp³-hybridized carbons (Fsp3) is 0.556. The molecule has 0 bridgehead atoms. The van der Waals surface area contributed by atoms with Gasteiger partial charge in [-0.25, -0.2) is 0 Å². The van der Waals surface area contributed by atoms with Crippen molar-refractivity contribution in [2.24, 2.45) is 0 Å². The molecule has 0 saturated heterocycles. The highest BCUT2D eigenvalue weighted by Gasteiger charge is 2.21. The van der Waals surface area contributed by atoms with Gasteiger partial charge in [0.1, 0.15) is 0 Å². The van der Waals surface area contributed by atoms with Crippen molar-refractivity contribution in [1.29, 1.82) is 0 Å². The van der Waals surface area contributed by atoms with Crippen LogP contribution in [0.1, 0.15) is 112 Å². The summed E-state index contributed by atoms with van der Waals surface area (Å²) >= 11 is 0. The zero-order chi connectivity index (χ0) is 21.9. The van der Waals surface area contributed by atoms with E-state index < -0.39 is 0 Å². The van der Waals surface area contributed by atoms with E-state index in [0.717, 1.165) is 43.5 Å². The maximum Gasteiger partial charge on any atom is 0.0381 e. The van der Waals surface area contributed by atoms with Crippen LogP contribution in [0.4, 0.5) is 11.4 Å². The fourth-order valence-electron chi connectivity index (χ4n) is 5.08. The number of rotatable bonds is 8. The summed E-state index contributed by atoms with van der Waals surface area (Å²) in [5.74, 6) is 0.918. The molecule has 160 valence electrons. The zero-order valence-corrected chi connectivity index (χ0v) is 20.0. The molecule has 0 fully saturated rings. The molecule has 0 saturated carbocycles. The third-order valence-corrected chi connectivity index (χ3v) is 6.39. The Morgan fingerprint density at radius 3 is 1.17 bits per heavy atom. The first-order valence-corrected chi connectivity index (χ1v) is 11.6. The first-order valence-electron chi connectivity index (χ1n) is 11.6. The molecular weight excluding hydrogens is 352 g/mol. The summed E-state index contributed by atoms with van der Waals surface area (Å²) in [6, 6.07) is 4.75. The van der Waals surface area contributed by atoms with Gasteiger partial charge >= 0.3 is 0 Å². The van der Waals surface area contributed by atoms with Crippen molar-refractivity contribution in [3.63, 3.8) is 0 Å². The van der Waals surface area contributed by atoms with E-state index in [-0.39, 0.29) is 0 Å². The molecule has 0 aliphatic carbocycles.